The van der Waals surface area contributed by atoms with Crippen LogP contribution in [0.1, 0.15) is 103 Å². The minimum absolute atomic E-state index is 0.0122. The van der Waals surface area contributed by atoms with Crippen LogP contribution in [0.25, 0.3) is 0 Å². The molecule has 0 spiro atoms. The average Bonchev–Trinajstić information content (AvgIpc) is 3.94. The van der Waals surface area contributed by atoms with Crippen molar-refractivity contribution in [2.45, 2.75) is 109 Å². The molecule has 4 aliphatic rings. The second-order valence-electron chi connectivity index (χ2n) is 19.8. The van der Waals surface area contributed by atoms with Crippen LogP contribution in [0.5, 0.6) is 17.2 Å². The van der Waals surface area contributed by atoms with Crippen molar-refractivity contribution in [3.05, 3.63) is 99.1 Å². The minimum Gasteiger partial charge on any atom is -0.493 e. The van der Waals surface area contributed by atoms with Crippen LogP contribution in [0.4, 0.5) is 11.4 Å². The first-order chi connectivity index (χ1) is 35.4. The van der Waals surface area contributed by atoms with E-state index in [1.807, 2.05) is 55.0 Å². The number of anilines is 1. The van der Waals surface area contributed by atoms with E-state index in [2.05, 4.69) is 43.0 Å². The lowest BCUT2D eigenvalue weighted by molar-refractivity contribution is -0.116. The minimum atomic E-state index is -4.52. The second-order valence-corrected chi connectivity index (χ2v) is 24.5. The van der Waals surface area contributed by atoms with Crippen molar-refractivity contribution < 1.29 is 55.8 Å². The third-order valence-corrected chi connectivity index (χ3v) is 18.4. The third-order valence-electron chi connectivity index (χ3n) is 13.8. The van der Waals surface area contributed by atoms with Gasteiger partial charge in [0, 0.05) is 73.4 Å². The highest BCUT2D eigenvalue weighted by molar-refractivity contribution is 8.77. The van der Waals surface area contributed by atoms with Gasteiger partial charge in [0.2, 0.25) is 0 Å². The van der Waals surface area contributed by atoms with E-state index >= 15 is 0 Å². The summed E-state index contributed by atoms with van der Waals surface area (Å²) in [6.07, 6.45) is 9.32. The molecule has 0 bridgehead atoms. The number of methoxy groups -OCH3 is 2. The molecule has 2 saturated heterocycles. The van der Waals surface area contributed by atoms with Crippen LogP contribution in [-0.2, 0) is 48.8 Å². The highest BCUT2D eigenvalue weighted by Crippen LogP contribution is 2.41. The van der Waals surface area contributed by atoms with E-state index in [0.29, 0.717) is 93.5 Å². The highest BCUT2D eigenvalue weighted by Gasteiger charge is 2.37. The first kappa shape index (κ1) is 56.8. The van der Waals surface area contributed by atoms with E-state index in [-0.39, 0.29) is 43.5 Å². The molecule has 0 aromatic heterocycles. The summed E-state index contributed by atoms with van der Waals surface area (Å²) < 4.78 is 69.1. The molecule has 4 aliphatic heterocycles. The number of amides is 2. The van der Waals surface area contributed by atoms with Gasteiger partial charge in [-0.05, 0) is 132 Å². The number of Topliss-reactive ketones (excluding diaryl/α,β-unsaturated/α-hetero) is 1. The zero-order valence-corrected chi connectivity index (χ0v) is 46.4. The number of nitrogens with zero attached hydrogens (tertiary/aromatic N) is 4. The number of benzene rings is 3. The van der Waals surface area contributed by atoms with E-state index < -0.39 is 25.9 Å². The summed E-state index contributed by atoms with van der Waals surface area (Å²) in [6.45, 7) is 16.1. The Hall–Kier alpha value is -4.89. The van der Waals surface area contributed by atoms with E-state index in [9.17, 15) is 27.4 Å². The Morgan fingerprint density at radius 1 is 0.865 bits per heavy atom. The van der Waals surface area contributed by atoms with Crippen LogP contribution in [0.3, 0.4) is 0 Å². The number of rotatable bonds is 26. The largest absolute Gasteiger partial charge is 0.493 e. The smallest absolute Gasteiger partial charge is 0.274 e. The van der Waals surface area contributed by atoms with Crippen LogP contribution in [0.15, 0.2) is 70.8 Å². The number of ketones is 1. The molecule has 4 heterocycles. The Kier molecular flexibility index (Phi) is 19.8. The van der Waals surface area contributed by atoms with Crippen molar-refractivity contribution in [2.24, 2.45) is 4.99 Å². The van der Waals surface area contributed by atoms with E-state index in [0.717, 1.165) is 59.2 Å². The fraction of sp³-hybridized carbons (Fsp3) is 0.527. The lowest BCUT2D eigenvalue weighted by Crippen LogP contribution is -2.38. The summed E-state index contributed by atoms with van der Waals surface area (Å²) in [5.74, 6) is 1.23. The molecule has 0 saturated carbocycles. The Balaban J connectivity index is 1.17. The number of carbonyl (C=O) groups is 3. The van der Waals surface area contributed by atoms with Gasteiger partial charge in [-0.3, -0.25) is 23.9 Å². The molecule has 0 aliphatic carbocycles. The molecule has 402 valence electrons. The van der Waals surface area contributed by atoms with Crippen LogP contribution >= 0.6 is 21.6 Å². The fourth-order valence-corrected chi connectivity index (χ4v) is 13.4. The number of hydrogen-bond acceptors (Lipinski definition) is 15. The van der Waals surface area contributed by atoms with Gasteiger partial charge in [0.1, 0.15) is 30.0 Å². The lowest BCUT2D eigenvalue weighted by Gasteiger charge is -2.34. The molecule has 1 N–H and O–H groups in total. The van der Waals surface area contributed by atoms with Gasteiger partial charge in [-0.25, -0.2) is 0 Å². The fourth-order valence-electron chi connectivity index (χ4n) is 9.82. The maximum Gasteiger partial charge on any atom is 0.274 e. The Bertz CT molecular complexity index is 2730. The van der Waals surface area contributed by atoms with Gasteiger partial charge in [-0.2, -0.15) is 8.42 Å². The van der Waals surface area contributed by atoms with E-state index in [4.69, 9.17) is 33.4 Å². The van der Waals surface area contributed by atoms with Crippen molar-refractivity contribution in [3.63, 3.8) is 0 Å². The van der Waals surface area contributed by atoms with Crippen molar-refractivity contribution in [3.8, 4) is 17.2 Å². The third kappa shape index (κ3) is 14.5. The topological polar surface area (TPSA) is 183 Å². The van der Waals surface area contributed by atoms with Crippen LogP contribution in [0, 0.1) is 6.92 Å². The zero-order chi connectivity index (χ0) is 53.2. The summed E-state index contributed by atoms with van der Waals surface area (Å²) in [6, 6.07) is 13.8. The standard InChI is InChI=1S/C55H72N4O12S3/c1-9-38-23-43-12-11-42-27-49(36(3)21-46(42)53(61)58(43)31-38)70-33-40-22-41(34-71-51-29-48-47(28-50(51)67-8)54(62)59-32-39(10-2)24-45(59)30-56-48)26-44(25-40)57(14-15-68-18-19-69-17-16-66-7)35-55(5,6)73-72-20-13-52(37(4)60)74(63,64)65/h9-10,21-22,25-30,43,45,52H,11-20,23-24,31-35H2,1-8H3,(H,63,64,65)/b38-9+,39-10+/t43-,45+,52?/m1/s1. The van der Waals surface area contributed by atoms with Gasteiger partial charge in [0.05, 0.1) is 57.4 Å². The van der Waals surface area contributed by atoms with Gasteiger partial charge in [0.25, 0.3) is 21.9 Å². The summed E-state index contributed by atoms with van der Waals surface area (Å²) >= 11 is 0. The number of carbonyl (C=O) groups excluding carboxylic acids is 3. The monoisotopic (exact) mass is 1080 g/mol. The molecule has 7 rings (SSSR count). The summed E-state index contributed by atoms with van der Waals surface area (Å²) in [5.41, 5.74) is 8.62. The molecular formula is C55H72N4O12S3. The van der Waals surface area contributed by atoms with Crippen LogP contribution < -0.4 is 19.1 Å². The summed E-state index contributed by atoms with van der Waals surface area (Å²) in [5, 5.41) is -1.47. The quantitative estimate of drug-likeness (QED) is 0.0348. The lowest BCUT2D eigenvalue weighted by atomic mass is 9.98. The van der Waals surface area contributed by atoms with E-state index in [1.54, 1.807) is 37.1 Å². The molecule has 3 aromatic rings. The molecule has 3 atom stereocenters. The molecule has 74 heavy (non-hydrogen) atoms. The van der Waals surface area contributed by atoms with Crippen molar-refractivity contribution in [2.75, 3.05) is 84.1 Å². The first-order valence-electron chi connectivity index (χ1n) is 25.3. The number of ether oxygens (including phenoxy) is 6. The normalized spacial score (nSPS) is 19.0. The molecule has 3 aromatic carbocycles. The molecular weight excluding hydrogens is 1000 g/mol. The molecule has 2 fully saturated rings. The second kappa shape index (κ2) is 25.8. The number of allylic oxidation sites excluding steroid dienone is 2. The molecule has 19 heteroatoms. The molecule has 1 unspecified atom stereocenters. The number of hydrogen-bond donors (Lipinski definition) is 1. The zero-order valence-electron chi connectivity index (χ0n) is 44.0. The Morgan fingerprint density at radius 2 is 1.53 bits per heavy atom. The molecule has 16 nitrogen and oxygen atoms in total. The Morgan fingerprint density at radius 3 is 2.20 bits per heavy atom. The van der Waals surface area contributed by atoms with Crippen molar-refractivity contribution >= 4 is 66.9 Å². The van der Waals surface area contributed by atoms with Crippen LogP contribution in [0.2, 0.25) is 0 Å². The highest BCUT2D eigenvalue weighted by atomic mass is 33.1. The number of fused-ring (bicyclic) bond motifs is 4. The van der Waals surface area contributed by atoms with Gasteiger partial charge in [-0.1, -0.05) is 44.9 Å². The molecule has 2 amide bonds. The predicted octanol–water partition coefficient (Wildman–Crippen LogP) is 9.03. The van der Waals surface area contributed by atoms with E-state index in [1.165, 1.54) is 28.9 Å². The SMILES string of the molecule is C/C=C1\C[C@H]2CCc3cc(OCc4cc(COc5cc6c(cc5OC)C(=O)N5C/C(=C/C)C[C@H]5C=N6)cc(N(CCOCCOCCOC)CC(C)(C)SSCCC(C(C)=O)S(=O)(=O)O)c4)c(C)cc3C(=O)N2C1. The molecule has 0 radical (unpaired) electrons. The Labute approximate surface area is 444 Å². The summed E-state index contributed by atoms with van der Waals surface area (Å²) in [7, 11) is 1.67. The van der Waals surface area contributed by atoms with Crippen molar-refractivity contribution in [1.29, 1.82) is 0 Å². The van der Waals surface area contributed by atoms with Gasteiger partial charge in [-0.15, -0.1) is 0 Å². The number of aryl methyl sites for hydroxylation is 2. The van der Waals surface area contributed by atoms with Crippen LogP contribution in [-0.4, -0.2) is 148 Å². The van der Waals surface area contributed by atoms with Crippen molar-refractivity contribution in [1.82, 2.24) is 9.80 Å². The first-order valence-corrected chi connectivity index (χ1v) is 29.1. The van der Waals surface area contributed by atoms with Gasteiger partial charge >= 0.3 is 0 Å². The maximum absolute atomic E-state index is 13.9. The van der Waals surface area contributed by atoms with Gasteiger partial charge < -0.3 is 43.1 Å². The summed E-state index contributed by atoms with van der Waals surface area (Å²) in [4.78, 5) is 50.7. The predicted molar refractivity (Wildman–Crippen MR) is 293 cm³/mol. The van der Waals surface area contributed by atoms with Gasteiger partial charge in [0.15, 0.2) is 11.5 Å². The average molecular weight is 1080 g/mol. The number of aliphatic imine (C=N–C) groups is 1. The maximum atomic E-state index is 13.9.